The van der Waals surface area contributed by atoms with Crippen LogP contribution < -0.4 is 10.6 Å². The van der Waals surface area contributed by atoms with E-state index in [1.165, 1.54) is 0 Å². The molecule has 3 aromatic rings. The number of anilines is 1. The minimum Gasteiger partial charge on any atom is -0.457 e. The summed E-state index contributed by atoms with van der Waals surface area (Å²) in [5.74, 6) is 1.31. The maximum Gasteiger partial charge on any atom is 0.411 e. The second-order valence-electron chi connectivity index (χ2n) is 12.4. The van der Waals surface area contributed by atoms with E-state index in [1.54, 1.807) is 6.07 Å². The Balaban J connectivity index is 0.972. The van der Waals surface area contributed by atoms with E-state index in [0.29, 0.717) is 18.8 Å². The van der Waals surface area contributed by atoms with E-state index in [0.717, 1.165) is 94.1 Å². The van der Waals surface area contributed by atoms with Crippen molar-refractivity contribution in [2.24, 2.45) is 5.92 Å². The minimum absolute atomic E-state index is 0.0232. The van der Waals surface area contributed by atoms with E-state index in [1.807, 2.05) is 79.4 Å². The number of furan rings is 1. The second-order valence-corrected chi connectivity index (χ2v) is 12.4. The Kier molecular flexibility index (Phi) is 12.6. The van der Waals surface area contributed by atoms with E-state index in [9.17, 15) is 14.4 Å². The number of hydrogen-bond acceptors (Lipinski definition) is 8. The Morgan fingerprint density at radius 1 is 0.894 bits per heavy atom. The van der Waals surface area contributed by atoms with Gasteiger partial charge in [-0.3, -0.25) is 19.8 Å². The second kappa shape index (κ2) is 17.2. The number of para-hydroxylation sites is 1. The topological polar surface area (TPSA) is 107 Å². The van der Waals surface area contributed by atoms with Crippen molar-refractivity contribution in [3.05, 3.63) is 78.3 Å². The molecule has 2 fully saturated rings. The molecule has 5 rings (SSSR count). The van der Waals surface area contributed by atoms with E-state index in [4.69, 9.17) is 9.15 Å². The van der Waals surface area contributed by atoms with Gasteiger partial charge in [0.15, 0.2) is 5.76 Å². The average molecular weight is 644 g/mol. The van der Waals surface area contributed by atoms with Gasteiger partial charge < -0.3 is 24.3 Å². The number of Topliss-reactive ketones (excluding diaryl/α,β-unsaturated/α-hetero) is 1. The Hall–Kier alpha value is -3.99. The molecule has 3 heterocycles. The third-order valence-electron chi connectivity index (χ3n) is 9.19. The zero-order chi connectivity index (χ0) is 33.0. The number of nitrogens with one attached hydrogen (secondary N) is 2. The molecule has 252 valence electrons. The first-order valence-electron chi connectivity index (χ1n) is 17.1. The maximum absolute atomic E-state index is 12.8. The number of carbonyl (C=O) groups is 3. The Morgan fingerprint density at radius 2 is 1.64 bits per heavy atom. The first kappa shape index (κ1) is 34.3. The fraction of sp³-hybridized carbons (Fsp3) is 0.486. The molecule has 2 aliphatic heterocycles. The molecule has 2 aliphatic rings. The van der Waals surface area contributed by atoms with Crippen molar-refractivity contribution in [3.8, 4) is 11.1 Å². The first-order chi connectivity index (χ1) is 22.9. The fourth-order valence-electron chi connectivity index (χ4n) is 6.56. The third-order valence-corrected chi connectivity index (χ3v) is 9.19. The summed E-state index contributed by atoms with van der Waals surface area (Å²) in [6.07, 6.45) is 2.88. The molecule has 10 nitrogen and oxygen atoms in total. The molecule has 1 atom stereocenters. The lowest BCUT2D eigenvalue weighted by molar-refractivity contribution is -0.137. The molecule has 2 aromatic carbocycles. The van der Waals surface area contributed by atoms with E-state index >= 15 is 0 Å². The van der Waals surface area contributed by atoms with Crippen molar-refractivity contribution >= 4 is 23.5 Å². The van der Waals surface area contributed by atoms with Gasteiger partial charge in [0.1, 0.15) is 11.9 Å². The highest BCUT2D eigenvalue weighted by Gasteiger charge is 2.29. The largest absolute Gasteiger partial charge is 0.457 e. The van der Waals surface area contributed by atoms with Crippen molar-refractivity contribution in [2.75, 3.05) is 64.2 Å². The molecule has 2 saturated heterocycles. The maximum atomic E-state index is 12.8. The predicted molar refractivity (Wildman–Crippen MR) is 183 cm³/mol. The van der Waals surface area contributed by atoms with Crippen molar-refractivity contribution in [1.29, 1.82) is 0 Å². The average Bonchev–Trinajstić information content (AvgIpc) is 3.57. The zero-order valence-corrected chi connectivity index (χ0v) is 27.8. The van der Waals surface area contributed by atoms with Gasteiger partial charge in [-0.25, -0.2) is 4.79 Å². The highest BCUT2D eigenvalue weighted by molar-refractivity contribution is 5.95. The lowest BCUT2D eigenvalue weighted by Crippen LogP contribution is -2.44. The summed E-state index contributed by atoms with van der Waals surface area (Å²) in [4.78, 5) is 44.8. The minimum atomic E-state index is -0.432. The lowest BCUT2D eigenvalue weighted by Gasteiger charge is -2.34. The van der Waals surface area contributed by atoms with Crippen LogP contribution in [0.4, 0.5) is 10.5 Å². The van der Waals surface area contributed by atoms with Gasteiger partial charge in [0.2, 0.25) is 11.7 Å². The van der Waals surface area contributed by atoms with Crippen LogP contribution in [0.15, 0.2) is 71.1 Å². The Morgan fingerprint density at radius 3 is 2.40 bits per heavy atom. The van der Waals surface area contributed by atoms with Crippen LogP contribution in [0.25, 0.3) is 11.1 Å². The number of nitrogens with zero attached hydrogens (tertiary/aromatic N) is 3. The lowest BCUT2D eigenvalue weighted by atomic mass is 9.96. The number of hydrogen-bond donors (Lipinski definition) is 2. The number of ether oxygens (including phenoxy) is 1. The van der Waals surface area contributed by atoms with Crippen LogP contribution in [0, 0.1) is 5.92 Å². The quantitative estimate of drug-likeness (QED) is 0.175. The summed E-state index contributed by atoms with van der Waals surface area (Å²) in [7, 11) is 0. The van der Waals surface area contributed by atoms with Crippen molar-refractivity contribution in [2.45, 2.75) is 52.2 Å². The Bertz CT molecular complexity index is 1450. The summed E-state index contributed by atoms with van der Waals surface area (Å²) in [6.45, 7) is 11.1. The van der Waals surface area contributed by atoms with Crippen LogP contribution in [0.3, 0.4) is 0 Å². The van der Waals surface area contributed by atoms with Crippen LogP contribution in [-0.2, 0) is 16.1 Å². The molecule has 0 bridgehead atoms. The van der Waals surface area contributed by atoms with Crippen LogP contribution >= 0.6 is 0 Å². The van der Waals surface area contributed by atoms with Crippen LogP contribution in [0.2, 0.25) is 0 Å². The number of ketones is 1. The zero-order valence-electron chi connectivity index (χ0n) is 27.8. The fourth-order valence-corrected chi connectivity index (χ4v) is 6.56. The predicted octanol–water partition coefficient (Wildman–Crippen LogP) is 5.51. The van der Waals surface area contributed by atoms with Gasteiger partial charge >= 0.3 is 6.09 Å². The summed E-state index contributed by atoms with van der Waals surface area (Å²) >= 11 is 0. The van der Waals surface area contributed by atoms with Gasteiger partial charge in [-0.15, -0.1) is 0 Å². The van der Waals surface area contributed by atoms with E-state index < -0.39 is 6.09 Å². The Labute approximate surface area is 278 Å². The van der Waals surface area contributed by atoms with Crippen molar-refractivity contribution in [3.63, 3.8) is 0 Å². The SMILES string of the molecule is CCN(CC)C(=O)C1CCCN(Cc2ccc(C(=O)CNCCN3CCC(OC(=O)Nc4ccccc4-c4ccccc4)CC3)o2)C1. The molecule has 47 heavy (non-hydrogen) atoms. The summed E-state index contributed by atoms with van der Waals surface area (Å²) < 4.78 is 11.7. The smallest absolute Gasteiger partial charge is 0.411 e. The van der Waals surface area contributed by atoms with Gasteiger partial charge in [0, 0.05) is 51.4 Å². The third kappa shape index (κ3) is 9.76. The van der Waals surface area contributed by atoms with Gasteiger partial charge in [0.25, 0.3) is 0 Å². The number of carbonyl (C=O) groups excluding carboxylic acids is 3. The molecular weight excluding hydrogens is 594 g/mol. The molecule has 2 N–H and O–H groups in total. The summed E-state index contributed by atoms with van der Waals surface area (Å²) in [5.41, 5.74) is 2.72. The molecule has 0 saturated carbocycles. The molecular formula is C37H49N5O5. The van der Waals surface area contributed by atoms with Crippen LogP contribution in [-0.4, -0.2) is 97.5 Å². The molecule has 10 heteroatoms. The molecule has 0 aliphatic carbocycles. The molecule has 1 unspecified atom stereocenters. The number of rotatable bonds is 14. The number of benzene rings is 2. The van der Waals surface area contributed by atoms with Gasteiger partial charge in [-0.1, -0.05) is 48.5 Å². The number of amides is 2. The van der Waals surface area contributed by atoms with Crippen molar-refractivity contribution in [1.82, 2.24) is 20.0 Å². The van der Waals surface area contributed by atoms with Gasteiger partial charge in [-0.2, -0.15) is 0 Å². The van der Waals surface area contributed by atoms with E-state index in [2.05, 4.69) is 20.4 Å². The highest BCUT2D eigenvalue weighted by atomic mass is 16.6. The first-order valence-corrected chi connectivity index (χ1v) is 17.1. The summed E-state index contributed by atoms with van der Waals surface area (Å²) in [5, 5.41) is 6.18. The van der Waals surface area contributed by atoms with Gasteiger partial charge in [-0.05, 0) is 69.8 Å². The standard InChI is InChI=1S/C37H49N5O5/c1-3-42(4-2)36(44)29-13-10-21-41(26-29)27-31-16-17-35(46-31)34(43)25-38-20-24-40-22-18-30(19-23-40)47-37(45)39-33-15-9-8-14-32(33)28-11-6-5-7-12-28/h5-9,11-12,14-17,29-30,38H,3-4,10,13,18-27H2,1-2H3,(H,39,45). The molecule has 1 aromatic heterocycles. The molecule has 0 spiro atoms. The number of likely N-dealkylation sites (tertiary alicyclic amines) is 2. The normalized spacial score (nSPS) is 17.7. The van der Waals surface area contributed by atoms with Crippen LogP contribution in [0.1, 0.15) is 55.8 Å². The molecule has 2 amide bonds. The highest BCUT2D eigenvalue weighted by Crippen LogP contribution is 2.28. The van der Waals surface area contributed by atoms with Crippen LogP contribution in [0.5, 0.6) is 0 Å². The monoisotopic (exact) mass is 643 g/mol. The number of piperidine rings is 2. The summed E-state index contributed by atoms with van der Waals surface area (Å²) in [6, 6.07) is 21.3. The molecule has 0 radical (unpaired) electrons. The van der Waals surface area contributed by atoms with Crippen molar-refractivity contribution < 1.29 is 23.5 Å². The van der Waals surface area contributed by atoms with Gasteiger partial charge in [0.05, 0.1) is 24.7 Å². The van der Waals surface area contributed by atoms with E-state index in [-0.39, 0.29) is 30.3 Å².